The summed E-state index contributed by atoms with van der Waals surface area (Å²) in [7, 11) is 0. The molecule has 2 heterocycles. The molecule has 4 nitrogen and oxygen atoms in total. The average molecular weight is 1560 g/mol. The maximum Gasteiger partial charge on any atom is 0.135 e. The topological polar surface area (TPSA) is 32.8 Å². The van der Waals surface area contributed by atoms with E-state index in [1.54, 1.807) is 0 Å². The van der Waals surface area contributed by atoms with Crippen molar-refractivity contribution in [3.05, 3.63) is 447 Å². The Labute approximate surface area is 709 Å². The van der Waals surface area contributed by atoms with E-state index in [1.165, 1.54) is 132 Å². The Balaban J connectivity index is 0.000000142. The lowest BCUT2D eigenvalue weighted by Gasteiger charge is -2.28. The molecule has 122 heavy (non-hydrogen) atoms. The number of para-hydroxylation sites is 2. The number of fused-ring (bicyclic) bond motifs is 16. The van der Waals surface area contributed by atoms with E-state index in [9.17, 15) is 0 Å². The summed E-state index contributed by atoms with van der Waals surface area (Å²) in [5.41, 5.74) is 35.1. The summed E-state index contributed by atoms with van der Waals surface area (Å²) in [6.07, 6.45) is 0. The zero-order valence-electron chi connectivity index (χ0n) is 68.1. The summed E-state index contributed by atoms with van der Waals surface area (Å²) in [4.78, 5) is 4.81. The molecule has 20 aromatic carbocycles. The number of furan rings is 2. The average Bonchev–Trinajstić information content (AvgIpc) is 1.57. The second-order valence-corrected chi connectivity index (χ2v) is 33.9. The second-order valence-electron chi connectivity index (χ2n) is 33.9. The Morgan fingerprint density at radius 3 is 0.844 bits per heavy atom. The van der Waals surface area contributed by atoms with Crippen LogP contribution in [-0.4, -0.2) is 0 Å². The Bertz CT molecular complexity index is 7920. The van der Waals surface area contributed by atoms with Crippen molar-refractivity contribution in [2.24, 2.45) is 0 Å². The zero-order valence-corrected chi connectivity index (χ0v) is 68.1. The smallest absolute Gasteiger partial charge is 0.135 e. The molecule has 0 unspecified atom stereocenters. The van der Waals surface area contributed by atoms with E-state index in [0.717, 1.165) is 100 Å². The Kier molecular flexibility index (Phi) is 16.9. The maximum absolute atomic E-state index is 6.15. The molecule has 0 N–H and O–H groups in total. The summed E-state index contributed by atoms with van der Waals surface area (Å²) < 4.78 is 12.3. The molecule has 0 radical (unpaired) electrons. The predicted molar refractivity (Wildman–Crippen MR) is 515 cm³/mol. The molecule has 24 rings (SSSR count). The van der Waals surface area contributed by atoms with Crippen molar-refractivity contribution in [2.75, 3.05) is 9.80 Å². The van der Waals surface area contributed by atoms with Gasteiger partial charge in [-0.1, -0.05) is 313 Å². The van der Waals surface area contributed by atoms with E-state index >= 15 is 0 Å². The van der Waals surface area contributed by atoms with Crippen LogP contribution in [0.2, 0.25) is 0 Å². The SMILES string of the molecule is CC1(C)c2cc(-c3ccc4ccccc4c3)ccc2-c2ccc(N(c3ccc(-c4ccc5ccccc5c4)cc3)c3ccc(-c4ccc5oc6ccccc6c5c4)cc3)cc21.CC1(C)c2cc(-c3ccc4ccccc4c3)ccc2-c2ccc(N(c3ccc(-c4ccc5oc6ccccc6c5c4)cc3)c3ccc(-c4cccc5ccccc45)cc3)cc21. The zero-order chi connectivity index (χ0) is 81.3. The third-order valence-corrected chi connectivity index (χ3v) is 26.1. The van der Waals surface area contributed by atoms with Crippen LogP contribution < -0.4 is 9.80 Å². The van der Waals surface area contributed by atoms with E-state index in [-0.39, 0.29) is 10.8 Å². The molecular weight excluding hydrogens is 1480 g/mol. The number of benzene rings is 20. The lowest BCUT2D eigenvalue weighted by atomic mass is 9.81. The van der Waals surface area contributed by atoms with Crippen LogP contribution in [0.4, 0.5) is 34.1 Å². The molecule has 0 bridgehead atoms. The van der Waals surface area contributed by atoms with Crippen LogP contribution in [0.1, 0.15) is 49.9 Å². The first kappa shape index (κ1) is 71.9. The molecule has 4 heteroatoms. The largest absolute Gasteiger partial charge is 0.456 e. The molecule has 0 aliphatic heterocycles. The Morgan fingerprint density at radius 2 is 0.434 bits per heavy atom. The molecule has 576 valence electrons. The molecule has 0 fully saturated rings. The van der Waals surface area contributed by atoms with Crippen molar-refractivity contribution in [2.45, 2.75) is 38.5 Å². The van der Waals surface area contributed by atoms with Crippen molar-refractivity contribution in [1.82, 2.24) is 0 Å². The fourth-order valence-corrected chi connectivity index (χ4v) is 19.6. The van der Waals surface area contributed by atoms with Gasteiger partial charge < -0.3 is 18.6 Å². The quantitative estimate of drug-likeness (QED) is 0.122. The van der Waals surface area contributed by atoms with Crippen molar-refractivity contribution >= 4 is 121 Å². The minimum atomic E-state index is -0.197. The van der Waals surface area contributed by atoms with E-state index < -0.39 is 0 Å². The van der Waals surface area contributed by atoms with Crippen LogP contribution in [0.3, 0.4) is 0 Å². The van der Waals surface area contributed by atoms with Gasteiger partial charge in [0.15, 0.2) is 0 Å². The number of nitrogens with zero attached hydrogens (tertiary/aromatic N) is 2. The highest BCUT2D eigenvalue weighted by atomic mass is 16.3. The molecular formula is C118H82N2O2. The van der Waals surface area contributed by atoms with Crippen LogP contribution in [0, 0.1) is 0 Å². The van der Waals surface area contributed by atoms with Crippen LogP contribution >= 0.6 is 0 Å². The van der Waals surface area contributed by atoms with Gasteiger partial charge in [-0.3, -0.25) is 0 Å². The summed E-state index contributed by atoms with van der Waals surface area (Å²) in [5, 5.41) is 14.6. The van der Waals surface area contributed by atoms with Crippen molar-refractivity contribution in [3.8, 4) is 89.0 Å². The standard InChI is InChI=1S/2C59H41NO/c1-59(2)55-36-47(45-18-16-39-10-4-6-12-43(39)34-45)23-30-51(55)52-31-29-50(37-56(52)59)60(48-25-19-40(20-26-48)44-17-15-38-9-3-5-11-42(38)33-44)49-27-21-41(22-28-49)46-24-32-58-54(35-46)53-13-7-8-14-57(53)61-58;1-59(2)55-36-45(43-19-18-38-10-3-4-12-42(38)34-43)24-31-51(55)52-32-30-48(37-56(52)59)60(47-28-22-41(23-29-47)50-16-9-13-40-11-5-6-14-49(40)50)46-26-20-39(21-27-46)44-25-33-58-54(35-44)53-15-7-8-17-57(53)61-58/h2*3-37H,1-2H3. The normalized spacial score (nSPS) is 12.9. The highest BCUT2D eigenvalue weighted by Crippen LogP contribution is 2.55. The minimum absolute atomic E-state index is 0.196. The Hall–Kier alpha value is -15.4. The fraction of sp³-hybridized carbons (Fsp3) is 0.0508. The predicted octanol–water partition coefficient (Wildman–Crippen LogP) is 33.3. The van der Waals surface area contributed by atoms with Gasteiger partial charge in [0.25, 0.3) is 0 Å². The van der Waals surface area contributed by atoms with Crippen molar-refractivity contribution in [3.63, 3.8) is 0 Å². The maximum atomic E-state index is 6.15. The van der Waals surface area contributed by atoms with Gasteiger partial charge >= 0.3 is 0 Å². The number of anilines is 6. The lowest BCUT2D eigenvalue weighted by molar-refractivity contribution is 0.660. The summed E-state index contributed by atoms with van der Waals surface area (Å²) in [5.74, 6) is 0. The van der Waals surface area contributed by atoms with Gasteiger partial charge in [0, 0.05) is 66.5 Å². The highest BCUT2D eigenvalue weighted by Gasteiger charge is 2.38. The van der Waals surface area contributed by atoms with Gasteiger partial charge in [0.2, 0.25) is 0 Å². The fourth-order valence-electron chi connectivity index (χ4n) is 19.6. The molecule has 0 atom stereocenters. The first-order valence-corrected chi connectivity index (χ1v) is 42.3. The molecule has 0 saturated heterocycles. The number of hydrogen-bond acceptors (Lipinski definition) is 4. The van der Waals surface area contributed by atoms with Crippen LogP contribution in [0.5, 0.6) is 0 Å². The monoisotopic (exact) mass is 1560 g/mol. The summed E-state index contributed by atoms with van der Waals surface area (Å²) >= 11 is 0. The lowest BCUT2D eigenvalue weighted by Crippen LogP contribution is -2.16. The highest BCUT2D eigenvalue weighted by molar-refractivity contribution is 6.08. The molecule has 22 aromatic rings. The first-order chi connectivity index (χ1) is 59.9. The first-order valence-electron chi connectivity index (χ1n) is 42.3. The van der Waals surface area contributed by atoms with Gasteiger partial charge in [-0.05, 0) is 294 Å². The third-order valence-electron chi connectivity index (χ3n) is 26.1. The number of rotatable bonds is 12. The van der Waals surface area contributed by atoms with Crippen molar-refractivity contribution in [1.29, 1.82) is 0 Å². The minimum Gasteiger partial charge on any atom is -0.456 e. The van der Waals surface area contributed by atoms with E-state index in [2.05, 4.69) is 438 Å². The van der Waals surface area contributed by atoms with Gasteiger partial charge in [-0.25, -0.2) is 0 Å². The van der Waals surface area contributed by atoms with E-state index in [4.69, 9.17) is 8.83 Å². The number of hydrogen-bond donors (Lipinski definition) is 0. The molecule has 2 aliphatic rings. The summed E-state index contributed by atoms with van der Waals surface area (Å²) in [6, 6.07) is 155. The Morgan fingerprint density at radius 1 is 0.164 bits per heavy atom. The van der Waals surface area contributed by atoms with Crippen LogP contribution in [0.15, 0.2) is 433 Å². The van der Waals surface area contributed by atoms with E-state index in [1.807, 2.05) is 24.3 Å². The molecule has 0 amide bonds. The third kappa shape index (κ3) is 12.4. The molecule has 2 aliphatic carbocycles. The van der Waals surface area contributed by atoms with Gasteiger partial charge in [-0.15, -0.1) is 0 Å². The molecule has 0 saturated carbocycles. The summed E-state index contributed by atoms with van der Waals surface area (Å²) in [6.45, 7) is 9.51. The van der Waals surface area contributed by atoms with Gasteiger partial charge in [0.1, 0.15) is 22.3 Å². The van der Waals surface area contributed by atoms with Gasteiger partial charge in [0.05, 0.1) is 0 Å². The van der Waals surface area contributed by atoms with Crippen LogP contribution in [0.25, 0.3) is 176 Å². The van der Waals surface area contributed by atoms with Crippen LogP contribution in [-0.2, 0) is 10.8 Å². The van der Waals surface area contributed by atoms with Crippen molar-refractivity contribution < 1.29 is 8.83 Å². The second kappa shape index (κ2) is 28.7. The molecule has 2 aromatic heterocycles. The molecule has 0 spiro atoms. The van der Waals surface area contributed by atoms with Gasteiger partial charge in [-0.2, -0.15) is 0 Å². The van der Waals surface area contributed by atoms with E-state index in [0.29, 0.717) is 0 Å².